The van der Waals surface area contributed by atoms with Crippen LogP contribution in [0.1, 0.15) is 33.7 Å². The Kier molecular flexibility index (Phi) is 4.57. The second kappa shape index (κ2) is 7.19. The molecule has 0 bridgehead atoms. The molecule has 7 nitrogen and oxygen atoms in total. The molecule has 4 rings (SSSR count). The molecule has 0 aliphatic carbocycles. The molecule has 1 aliphatic heterocycles. The van der Waals surface area contributed by atoms with E-state index in [1.807, 2.05) is 25.4 Å². The standard InChI is InChI=1S/C21H19N5O2/c1-26-18-4-2-14(8-15(18)3-5-20(26)27)16-6-13(9-23-10-16)7-19-24-11-17(12-25-19)21(22)28/h2,4,6,8-12H,3,5,7H2,1H3,(H2,22,28). The number of benzene rings is 1. The van der Waals surface area contributed by atoms with Crippen molar-refractivity contribution in [2.75, 3.05) is 11.9 Å². The third-order valence-electron chi connectivity index (χ3n) is 4.90. The molecule has 3 aromatic rings. The van der Waals surface area contributed by atoms with Crippen LogP contribution in [0.2, 0.25) is 0 Å². The van der Waals surface area contributed by atoms with Gasteiger partial charge in [-0.05, 0) is 41.3 Å². The maximum absolute atomic E-state index is 11.9. The third kappa shape index (κ3) is 3.46. The lowest BCUT2D eigenvalue weighted by atomic mass is 9.96. The minimum atomic E-state index is -0.546. The van der Waals surface area contributed by atoms with Crippen molar-refractivity contribution >= 4 is 17.5 Å². The monoisotopic (exact) mass is 373 g/mol. The first kappa shape index (κ1) is 17.8. The van der Waals surface area contributed by atoms with Gasteiger partial charge in [0.05, 0.1) is 5.56 Å². The number of carbonyl (C=O) groups is 2. The van der Waals surface area contributed by atoms with Gasteiger partial charge in [0.2, 0.25) is 5.91 Å². The van der Waals surface area contributed by atoms with Crippen molar-refractivity contribution < 1.29 is 9.59 Å². The zero-order valence-corrected chi connectivity index (χ0v) is 15.4. The molecule has 28 heavy (non-hydrogen) atoms. The fourth-order valence-electron chi connectivity index (χ4n) is 3.33. The summed E-state index contributed by atoms with van der Waals surface area (Å²) in [5.74, 6) is 0.191. The number of hydrogen-bond acceptors (Lipinski definition) is 5. The van der Waals surface area contributed by atoms with Gasteiger partial charge in [0.1, 0.15) is 5.82 Å². The summed E-state index contributed by atoms with van der Waals surface area (Å²) in [7, 11) is 1.81. The number of hydrogen-bond donors (Lipinski definition) is 1. The molecule has 3 heterocycles. The van der Waals surface area contributed by atoms with E-state index in [9.17, 15) is 9.59 Å². The molecule has 0 saturated heterocycles. The Morgan fingerprint density at radius 2 is 1.86 bits per heavy atom. The van der Waals surface area contributed by atoms with Gasteiger partial charge in [-0.1, -0.05) is 6.07 Å². The second-order valence-electron chi connectivity index (χ2n) is 6.81. The van der Waals surface area contributed by atoms with Crippen molar-refractivity contribution in [2.45, 2.75) is 19.3 Å². The molecule has 0 unspecified atom stereocenters. The zero-order chi connectivity index (χ0) is 19.7. The first-order valence-electron chi connectivity index (χ1n) is 8.96. The number of nitrogens with two attached hydrogens (primary N) is 1. The van der Waals surface area contributed by atoms with Gasteiger partial charge in [-0.3, -0.25) is 14.6 Å². The number of pyridine rings is 1. The number of fused-ring (bicyclic) bond motifs is 1. The summed E-state index contributed by atoms with van der Waals surface area (Å²) >= 11 is 0. The number of carbonyl (C=O) groups excluding carboxylic acids is 2. The molecule has 1 aromatic carbocycles. The van der Waals surface area contributed by atoms with Crippen LogP contribution in [0.4, 0.5) is 5.69 Å². The van der Waals surface area contributed by atoms with Crippen LogP contribution >= 0.6 is 0 Å². The van der Waals surface area contributed by atoms with E-state index in [1.54, 1.807) is 11.1 Å². The van der Waals surface area contributed by atoms with Gasteiger partial charge in [0.25, 0.3) is 5.91 Å². The van der Waals surface area contributed by atoms with Crippen molar-refractivity contribution in [2.24, 2.45) is 5.73 Å². The third-order valence-corrected chi connectivity index (χ3v) is 4.90. The number of anilines is 1. The normalized spacial score (nSPS) is 13.3. The average Bonchev–Trinajstić information content (AvgIpc) is 2.71. The van der Waals surface area contributed by atoms with Crippen LogP contribution in [0, 0.1) is 0 Å². The van der Waals surface area contributed by atoms with Gasteiger partial charge in [0.15, 0.2) is 0 Å². The fraction of sp³-hybridized carbons (Fsp3) is 0.190. The Morgan fingerprint density at radius 1 is 1.07 bits per heavy atom. The van der Waals surface area contributed by atoms with E-state index in [4.69, 9.17) is 5.73 Å². The lowest BCUT2D eigenvalue weighted by Gasteiger charge is -2.26. The molecule has 2 amide bonds. The van der Waals surface area contributed by atoms with Crippen molar-refractivity contribution in [1.29, 1.82) is 0 Å². The molecule has 2 N–H and O–H groups in total. The first-order valence-corrected chi connectivity index (χ1v) is 8.96. The van der Waals surface area contributed by atoms with Crippen LogP contribution in [0.3, 0.4) is 0 Å². The highest BCUT2D eigenvalue weighted by atomic mass is 16.2. The Labute approximate surface area is 162 Å². The van der Waals surface area contributed by atoms with Gasteiger partial charge in [-0.25, -0.2) is 9.97 Å². The number of nitrogens with zero attached hydrogens (tertiary/aromatic N) is 4. The highest BCUT2D eigenvalue weighted by Crippen LogP contribution is 2.31. The number of aromatic nitrogens is 3. The molecule has 0 saturated carbocycles. The fourth-order valence-corrected chi connectivity index (χ4v) is 3.33. The number of amides is 2. The lowest BCUT2D eigenvalue weighted by molar-refractivity contribution is -0.118. The summed E-state index contributed by atoms with van der Waals surface area (Å²) in [6.45, 7) is 0. The summed E-state index contributed by atoms with van der Waals surface area (Å²) < 4.78 is 0. The highest BCUT2D eigenvalue weighted by molar-refractivity contribution is 5.96. The topological polar surface area (TPSA) is 102 Å². The van der Waals surface area contributed by atoms with E-state index < -0.39 is 5.91 Å². The van der Waals surface area contributed by atoms with Gasteiger partial charge in [-0.15, -0.1) is 0 Å². The molecule has 0 spiro atoms. The van der Waals surface area contributed by atoms with Gasteiger partial charge < -0.3 is 10.6 Å². The Morgan fingerprint density at radius 3 is 2.61 bits per heavy atom. The lowest BCUT2D eigenvalue weighted by Crippen LogP contribution is -2.30. The van der Waals surface area contributed by atoms with E-state index >= 15 is 0 Å². The molecule has 0 atom stereocenters. The van der Waals surface area contributed by atoms with Crippen LogP contribution in [0.25, 0.3) is 11.1 Å². The van der Waals surface area contributed by atoms with E-state index in [0.29, 0.717) is 18.7 Å². The maximum atomic E-state index is 11.9. The first-order chi connectivity index (χ1) is 13.5. The summed E-state index contributed by atoms with van der Waals surface area (Å²) in [6.07, 6.45) is 8.25. The molecule has 140 valence electrons. The van der Waals surface area contributed by atoms with Crippen molar-refractivity contribution in [3.63, 3.8) is 0 Å². The van der Waals surface area contributed by atoms with E-state index in [0.717, 1.165) is 34.4 Å². The molecule has 0 radical (unpaired) electrons. The summed E-state index contributed by atoms with van der Waals surface area (Å²) in [4.78, 5) is 37.4. The van der Waals surface area contributed by atoms with E-state index in [-0.39, 0.29) is 11.5 Å². The maximum Gasteiger partial charge on any atom is 0.251 e. The van der Waals surface area contributed by atoms with E-state index in [2.05, 4.69) is 27.1 Å². The summed E-state index contributed by atoms with van der Waals surface area (Å²) in [5, 5.41) is 0. The minimum Gasteiger partial charge on any atom is -0.366 e. The van der Waals surface area contributed by atoms with Crippen molar-refractivity contribution in [3.8, 4) is 11.1 Å². The van der Waals surface area contributed by atoms with Gasteiger partial charge in [-0.2, -0.15) is 0 Å². The highest BCUT2D eigenvalue weighted by Gasteiger charge is 2.21. The zero-order valence-electron chi connectivity index (χ0n) is 15.4. The van der Waals surface area contributed by atoms with Crippen LogP contribution < -0.4 is 10.6 Å². The SMILES string of the molecule is CN1C(=O)CCc2cc(-c3cncc(Cc4ncc(C(N)=O)cn4)c3)ccc21. The molecule has 7 heteroatoms. The van der Waals surface area contributed by atoms with Crippen LogP contribution in [0.15, 0.2) is 49.1 Å². The molecule has 0 fully saturated rings. The molecule has 2 aromatic heterocycles. The minimum absolute atomic E-state index is 0.145. The van der Waals surface area contributed by atoms with Gasteiger partial charge in [0, 0.05) is 55.9 Å². The number of primary amides is 1. The molecular weight excluding hydrogens is 354 g/mol. The second-order valence-corrected chi connectivity index (χ2v) is 6.81. The quantitative estimate of drug-likeness (QED) is 0.755. The Hall–Kier alpha value is -3.61. The molecular formula is C21H19N5O2. The number of rotatable bonds is 4. The summed E-state index contributed by atoms with van der Waals surface area (Å²) in [5.41, 5.74) is 10.6. The van der Waals surface area contributed by atoms with Crippen molar-refractivity contribution in [1.82, 2.24) is 15.0 Å². The Bertz CT molecular complexity index is 1060. The predicted molar refractivity (Wildman–Crippen MR) is 105 cm³/mol. The number of aryl methyl sites for hydroxylation is 1. The van der Waals surface area contributed by atoms with Crippen molar-refractivity contribution in [3.05, 3.63) is 71.6 Å². The van der Waals surface area contributed by atoms with Crippen LogP contribution in [-0.2, 0) is 17.6 Å². The van der Waals surface area contributed by atoms with Gasteiger partial charge >= 0.3 is 0 Å². The predicted octanol–water partition coefficient (Wildman–Crippen LogP) is 2.14. The largest absolute Gasteiger partial charge is 0.366 e. The Balaban J connectivity index is 1.59. The smallest absolute Gasteiger partial charge is 0.251 e. The van der Waals surface area contributed by atoms with E-state index in [1.165, 1.54) is 12.4 Å². The van der Waals surface area contributed by atoms with Crippen LogP contribution in [-0.4, -0.2) is 33.8 Å². The average molecular weight is 373 g/mol. The summed E-state index contributed by atoms with van der Waals surface area (Å²) in [6, 6.07) is 8.17. The molecule has 1 aliphatic rings. The van der Waals surface area contributed by atoms with Crippen LogP contribution in [0.5, 0.6) is 0 Å².